The molecule has 1 aliphatic carbocycles. The number of rotatable bonds is 17. The summed E-state index contributed by atoms with van der Waals surface area (Å²) in [4.78, 5) is 41.4. The normalized spacial score (nSPS) is 18.8. The number of hydrogen-bond donors (Lipinski definition) is 2. The number of amides is 3. The predicted molar refractivity (Wildman–Crippen MR) is 153 cm³/mol. The Balaban J connectivity index is 1.55. The van der Waals surface area contributed by atoms with Crippen molar-refractivity contribution in [1.82, 2.24) is 15.1 Å². The maximum atomic E-state index is 13.7. The second-order valence-electron chi connectivity index (χ2n) is 11.1. The van der Waals surface area contributed by atoms with Crippen molar-refractivity contribution in [2.75, 3.05) is 40.5 Å². The smallest absolute Gasteiger partial charge is 0.254 e. The summed E-state index contributed by atoms with van der Waals surface area (Å²) in [7, 11) is 3.25. The molecule has 40 heavy (non-hydrogen) atoms. The highest BCUT2D eigenvalue weighted by molar-refractivity contribution is 5.95. The Morgan fingerprint density at radius 1 is 1.00 bits per heavy atom. The minimum absolute atomic E-state index is 0.0221. The molecule has 0 bridgehead atoms. The van der Waals surface area contributed by atoms with Crippen molar-refractivity contribution in [3.8, 4) is 11.5 Å². The van der Waals surface area contributed by atoms with Gasteiger partial charge in [-0.2, -0.15) is 0 Å². The van der Waals surface area contributed by atoms with Crippen LogP contribution in [-0.2, 0) is 14.3 Å². The Morgan fingerprint density at radius 2 is 1.75 bits per heavy atom. The zero-order valence-electron chi connectivity index (χ0n) is 24.7. The molecular formula is C30H48N4O6. The second kappa shape index (κ2) is 15.8. The summed E-state index contributed by atoms with van der Waals surface area (Å²) in [6.07, 6.45) is 6.69. The number of benzene rings is 1. The number of hydrogen-bond acceptors (Lipinski definition) is 7. The van der Waals surface area contributed by atoms with Crippen molar-refractivity contribution in [1.29, 1.82) is 0 Å². The van der Waals surface area contributed by atoms with Crippen molar-refractivity contribution in [3.05, 3.63) is 23.8 Å². The first kappa shape index (κ1) is 31.7. The van der Waals surface area contributed by atoms with E-state index in [1.807, 2.05) is 23.6 Å². The number of methoxy groups -OCH3 is 2. The Hall–Kier alpha value is -2.85. The molecule has 0 aromatic heterocycles. The van der Waals surface area contributed by atoms with Gasteiger partial charge in [0.05, 0.1) is 13.7 Å². The molecular weight excluding hydrogens is 512 g/mol. The van der Waals surface area contributed by atoms with Crippen LogP contribution < -0.4 is 20.5 Å². The fraction of sp³-hybridized carbons (Fsp3) is 0.700. The molecule has 2 aliphatic rings. The van der Waals surface area contributed by atoms with Crippen LogP contribution in [-0.4, -0.2) is 92.2 Å². The van der Waals surface area contributed by atoms with E-state index in [-0.39, 0.29) is 36.2 Å². The van der Waals surface area contributed by atoms with E-state index in [1.54, 1.807) is 32.4 Å². The number of piperidine rings is 1. The number of nitrogens with one attached hydrogen (secondary N) is 1. The number of ether oxygens (including phenoxy) is 3. The molecule has 3 amide bonds. The zero-order chi connectivity index (χ0) is 29.1. The van der Waals surface area contributed by atoms with E-state index < -0.39 is 0 Å². The summed E-state index contributed by atoms with van der Waals surface area (Å²) in [6.45, 7) is 6.60. The molecule has 2 unspecified atom stereocenters. The SMILES string of the molecule is COCCCOc1cc(C(=O)N(C(C)C)C2CCC(CCN(C(=O)CCCC(N)=O)C3CC3)NC2)ccc1OC. The lowest BCUT2D eigenvalue weighted by atomic mass is 9.95. The molecule has 0 spiro atoms. The van der Waals surface area contributed by atoms with Crippen LogP contribution in [0, 0.1) is 0 Å². The van der Waals surface area contributed by atoms with E-state index in [4.69, 9.17) is 19.9 Å². The molecule has 1 saturated heterocycles. The first-order valence-corrected chi connectivity index (χ1v) is 14.7. The highest BCUT2D eigenvalue weighted by Crippen LogP contribution is 2.31. The van der Waals surface area contributed by atoms with E-state index in [2.05, 4.69) is 5.32 Å². The van der Waals surface area contributed by atoms with Crippen LogP contribution in [0.2, 0.25) is 0 Å². The lowest BCUT2D eigenvalue weighted by molar-refractivity contribution is -0.132. The standard InChI is InChI=1S/C30H48N4O6/c1-21(2)34(30(37)22-9-14-26(39-4)27(19-22)40-18-6-17-38-3)25-11-10-23(32-20-25)15-16-33(24-12-13-24)29(36)8-5-7-28(31)35/h9,14,19,21,23-25,32H,5-8,10-13,15-18,20H2,1-4H3,(H2,31,35). The summed E-state index contributed by atoms with van der Waals surface area (Å²) in [6, 6.07) is 6.10. The van der Waals surface area contributed by atoms with Crippen LogP contribution >= 0.6 is 0 Å². The first-order valence-electron chi connectivity index (χ1n) is 14.7. The van der Waals surface area contributed by atoms with Crippen LogP contribution in [0.4, 0.5) is 0 Å². The van der Waals surface area contributed by atoms with Gasteiger partial charge in [-0.3, -0.25) is 14.4 Å². The summed E-state index contributed by atoms with van der Waals surface area (Å²) in [5.41, 5.74) is 5.80. The zero-order valence-corrected chi connectivity index (χ0v) is 24.7. The number of carbonyl (C=O) groups is 3. The highest BCUT2D eigenvalue weighted by atomic mass is 16.5. The van der Waals surface area contributed by atoms with E-state index in [9.17, 15) is 14.4 Å². The number of carbonyl (C=O) groups excluding carboxylic acids is 3. The van der Waals surface area contributed by atoms with Gasteiger partial charge in [-0.1, -0.05) is 0 Å². The molecule has 2 fully saturated rings. The van der Waals surface area contributed by atoms with E-state index in [1.165, 1.54) is 0 Å². The lowest BCUT2D eigenvalue weighted by Crippen LogP contribution is -2.54. The maximum Gasteiger partial charge on any atom is 0.254 e. The van der Waals surface area contributed by atoms with Gasteiger partial charge in [-0.25, -0.2) is 0 Å². The summed E-state index contributed by atoms with van der Waals surface area (Å²) in [5, 5.41) is 3.64. The molecule has 1 aliphatic heterocycles. The van der Waals surface area contributed by atoms with Crippen molar-refractivity contribution >= 4 is 17.7 Å². The van der Waals surface area contributed by atoms with Gasteiger partial charge >= 0.3 is 0 Å². The topological polar surface area (TPSA) is 123 Å². The van der Waals surface area contributed by atoms with Gasteiger partial charge in [0.15, 0.2) is 11.5 Å². The summed E-state index contributed by atoms with van der Waals surface area (Å²) < 4.78 is 16.4. The summed E-state index contributed by atoms with van der Waals surface area (Å²) >= 11 is 0. The van der Waals surface area contributed by atoms with Crippen LogP contribution in [0.1, 0.15) is 82.0 Å². The fourth-order valence-corrected chi connectivity index (χ4v) is 5.41. The molecule has 224 valence electrons. The Morgan fingerprint density at radius 3 is 2.35 bits per heavy atom. The third-order valence-electron chi connectivity index (χ3n) is 7.68. The van der Waals surface area contributed by atoms with Gasteiger partial charge < -0.3 is 35.1 Å². The van der Waals surface area contributed by atoms with Gasteiger partial charge in [0.25, 0.3) is 5.91 Å². The second-order valence-corrected chi connectivity index (χ2v) is 11.1. The van der Waals surface area contributed by atoms with Gasteiger partial charge in [0.2, 0.25) is 11.8 Å². The quantitative estimate of drug-likeness (QED) is 0.281. The molecule has 0 radical (unpaired) electrons. The van der Waals surface area contributed by atoms with Crippen molar-refractivity contribution < 1.29 is 28.6 Å². The molecule has 3 N–H and O–H groups in total. The third kappa shape index (κ3) is 9.37. The molecule has 1 aromatic rings. The minimum Gasteiger partial charge on any atom is -0.493 e. The molecule has 1 aromatic carbocycles. The number of primary amides is 1. The van der Waals surface area contributed by atoms with Crippen LogP contribution in [0.3, 0.4) is 0 Å². The van der Waals surface area contributed by atoms with Crippen molar-refractivity contribution in [2.24, 2.45) is 5.73 Å². The molecule has 2 atom stereocenters. The largest absolute Gasteiger partial charge is 0.493 e. The van der Waals surface area contributed by atoms with E-state index >= 15 is 0 Å². The molecule has 10 nitrogen and oxygen atoms in total. The first-order chi connectivity index (χ1) is 19.2. The third-order valence-corrected chi connectivity index (χ3v) is 7.68. The van der Waals surface area contributed by atoms with Gasteiger partial charge in [0, 0.05) is 75.8 Å². The Kier molecular flexibility index (Phi) is 12.5. The van der Waals surface area contributed by atoms with Crippen molar-refractivity contribution in [2.45, 2.75) is 95.8 Å². The molecule has 3 rings (SSSR count). The maximum absolute atomic E-state index is 13.7. The predicted octanol–water partition coefficient (Wildman–Crippen LogP) is 3.12. The number of nitrogens with zero attached hydrogens (tertiary/aromatic N) is 2. The van der Waals surface area contributed by atoms with Gasteiger partial charge in [-0.05, 0) is 70.6 Å². The minimum atomic E-state index is -0.362. The monoisotopic (exact) mass is 560 g/mol. The Labute approximate surface area is 238 Å². The van der Waals surface area contributed by atoms with E-state index in [0.717, 1.165) is 38.5 Å². The van der Waals surface area contributed by atoms with Crippen LogP contribution in [0.15, 0.2) is 18.2 Å². The summed E-state index contributed by atoms with van der Waals surface area (Å²) in [5.74, 6) is 0.888. The Bertz CT molecular complexity index is 975. The average Bonchev–Trinajstić information content (AvgIpc) is 3.77. The number of nitrogens with two attached hydrogens (primary N) is 1. The van der Waals surface area contributed by atoms with Gasteiger partial charge in [-0.15, -0.1) is 0 Å². The van der Waals surface area contributed by atoms with Crippen LogP contribution in [0.5, 0.6) is 11.5 Å². The van der Waals surface area contributed by atoms with Crippen molar-refractivity contribution in [3.63, 3.8) is 0 Å². The molecule has 1 heterocycles. The van der Waals surface area contributed by atoms with Crippen LogP contribution in [0.25, 0.3) is 0 Å². The molecule has 10 heteroatoms. The highest BCUT2D eigenvalue weighted by Gasteiger charge is 2.34. The van der Waals surface area contributed by atoms with E-state index in [0.29, 0.717) is 68.3 Å². The average molecular weight is 561 g/mol. The molecule has 1 saturated carbocycles. The fourth-order valence-electron chi connectivity index (χ4n) is 5.41. The van der Waals surface area contributed by atoms with Gasteiger partial charge in [0.1, 0.15) is 0 Å². The lowest BCUT2D eigenvalue weighted by Gasteiger charge is -2.40.